The van der Waals surface area contributed by atoms with Crippen molar-refractivity contribution in [2.24, 2.45) is 0 Å². The van der Waals surface area contributed by atoms with Crippen molar-refractivity contribution < 1.29 is 28.9 Å². The molecule has 3 aromatic carbocycles. The first-order valence-corrected chi connectivity index (χ1v) is 12.7. The molecule has 37 heavy (non-hydrogen) atoms. The molecule has 7 nitrogen and oxygen atoms in total. The van der Waals surface area contributed by atoms with E-state index in [1.165, 1.54) is 0 Å². The lowest BCUT2D eigenvalue weighted by molar-refractivity contribution is -0.140. The van der Waals surface area contributed by atoms with Crippen LogP contribution in [0.4, 0.5) is 0 Å². The average Bonchev–Trinajstić information content (AvgIpc) is 3.16. The lowest BCUT2D eigenvalue weighted by Gasteiger charge is -2.19. The van der Waals surface area contributed by atoms with Crippen LogP contribution >= 0.6 is 24.0 Å². The number of carboxylic acid groups (broad SMARTS) is 1. The number of thiocarbonyl (C=S) groups is 1. The van der Waals surface area contributed by atoms with Crippen molar-refractivity contribution >= 4 is 46.3 Å². The van der Waals surface area contributed by atoms with E-state index in [4.69, 9.17) is 31.5 Å². The molecule has 1 N–H and O–H groups in total. The summed E-state index contributed by atoms with van der Waals surface area (Å²) in [4.78, 5) is 25.2. The number of thioether (sulfide) groups is 1. The molecule has 1 aliphatic heterocycles. The quantitative estimate of drug-likeness (QED) is 0.261. The van der Waals surface area contributed by atoms with Crippen molar-refractivity contribution in [1.82, 2.24) is 4.90 Å². The first-order valence-electron chi connectivity index (χ1n) is 11.4. The summed E-state index contributed by atoms with van der Waals surface area (Å²) in [6, 6.07) is 24.9. The Morgan fingerprint density at radius 1 is 1.03 bits per heavy atom. The molecule has 3 aromatic rings. The summed E-state index contributed by atoms with van der Waals surface area (Å²) in [6.07, 6.45) is 1.40. The Labute approximate surface area is 224 Å². The summed E-state index contributed by atoms with van der Waals surface area (Å²) in [5, 5.41) is 9.06. The van der Waals surface area contributed by atoms with E-state index in [-0.39, 0.29) is 17.0 Å². The molecule has 9 heteroatoms. The molecule has 0 bridgehead atoms. The van der Waals surface area contributed by atoms with E-state index in [2.05, 4.69) is 0 Å². The maximum absolute atomic E-state index is 12.7. The Morgan fingerprint density at radius 3 is 2.41 bits per heavy atom. The fraction of sp³-hybridized carbons (Fsp3) is 0.179. The van der Waals surface area contributed by atoms with Crippen LogP contribution in [0, 0.1) is 0 Å². The van der Waals surface area contributed by atoms with Crippen molar-refractivity contribution in [1.29, 1.82) is 0 Å². The topological polar surface area (TPSA) is 85.3 Å². The number of carbonyl (C=O) groups is 2. The third kappa shape index (κ3) is 6.97. The first kappa shape index (κ1) is 26.4. The van der Waals surface area contributed by atoms with Gasteiger partial charge in [-0.3, -0.25) is 14.5 Å². The van der Waals surface area contributed by atoms with Crippen LogP contribution in [0.15, 0.2) is 83.8 Å². The van der Waals surface area contributed by atoms with Crippen LogP contribution in [0.1, 0.15) is 22.8 Å². The van der Waals surface area contributed by atoms with Crippen LogP contribution in [0.5, 0.6) is 11.5 Å². The zero-order valence-corrected chi connectivity index (χ0v) is 21.7. The van der Waals surface area contributed by atoms with E-state index >= 15 is 0 Å². The third-order valence-electron chi connectivity index (χ3n) is 5.52. The zero-order chi connectivity index (χ0) is 26.2. The van der Waals surface area contributed by atoms with Crippen LogP contribution in [0.2, 0.25) is 0 Å². The van der Waals surface area contributed by atoms with E-state index in [0.717, 1.165) is 27.8 Å². The van der Waals surface area contributed by atoms with Crippen LogP contribution in [0.25, 0.3) is 6.08 Å². The van der Waals surface area contributed by atoms with Crippen molar-refractivity contribution in [3.05, 3.63) is 100 Å². The molecule has 0 aliphatic carbocycles. The average molecular weight is 536 g/mol. The second-order valence-electron chi connectivity index (χ2n) is 8.09. The second kappa shape index (κ2) is 12.5. The van der Waals surface area contributed by atoms with Gasteiger partial charge in [-0.15, -0.1) is 0 Å². The first-order chi connectivity index (χ1) is 17.9. The highest BCUT2D eigenvalue weighted by Gasteiger charge is 2.33. The summed E-state index contributed by atoms with van der Waals surface area (Å²) >= 11 is 6.26. The number of ether oxygens (including phenoxy) is 3. The maximum atomic E-state index is 12.7. The predicted octanol–water partition coefficient (Wildman–Crippen LogP) is 5.32. The number of nitrogens with zero attached hydrogens (tertiary/aromatic N) is 1. The van der Waals surface area contributed by atoms with Crippen LogP contribution in [-0.2, 0) is 20.9 Å². The number of hydrogen-bond acceptors (Lipinski definition) is 7. The molecule has 0 radical (unpaired) electrons. The van der Waals surface area contributed by atoms with Crippen molar-refractivity contribution in [3.8, 4) is 11.5 Å². The lowest BCUT2D eigenvalue weighted by atomic mass is 10.1. The molecule has 1 saturated heterocycles. The van der Waals surface area contributed by atoms with Gasteiger partial charge in [-0.2, -0.15) is 0 Å². The van der Waals surface area contributed by atoms with E-state index in [1.807, 2.05) is 60.7 Å². The van der Waals surface area contributed by atoms with Gasteiger partial charge in [-0.1, -0.05) is 90.7 Å². The molecular formula is C28H25NO6S2. The van der Waals surface area contributed by atoms with Crippen molar-refractivity contribution in [2.45, 2.75) is 12.7 Å². The van der Waals surface area contributed by atoms with Gasteiger partial charge in [0.15, 0.2) is 11.5 Å². The number of benzene rings is 3. The highest BCUT2D eigenvalue weighted by molar-refractivity contribution is 8.26. The largest absolute Gasteiger partial charge is 0.487 e. The molecule has 1 amide bonds. The minimum atomic E-state index is -1.12. The molecule has 0 aromatic heterocycles. The van der Waals surface area contributed by atoms with E-state index in [0.29, 0.717) is 28.6 Å². The van der Waals surface area contributed by atoms with Gasteiger partial charge < -0.3 is 19.3 Å². The number of carboxylic acids is 1. The minimum Gasteiger partial charge on any atom is -0.487 e. The summed E-state index contributed by atoms with van der Waals surface area (Å²) in [7, 11) is 1.64. The molecule has 1 atom stereocenters. The number of carbonyl (C=O) groups excluding carboxylic acids is 1. The number of methoxy groups -OCH3 is 1. The molecule has 190 valence electrons. The van der Waals surface area contributed by atoms with Crippen molar-refractivity contribution in [2.75, 3.05) is 20.3 Å². The highest BCUT2D eigenvalue weighted by Crippen LogP contribution is 2.35. The monoisotopic (exact) mass is 535 g/mol. The van der Waals surface area contributed by atoms with Gasteiger partial charge in [-0.25, -0.2) is 0 Å². The smallest absolute Gasteiger partial charge is 0.323 e. The zero-order valence-electron chi connectivity index (χ0n) is 20.0. The molecule has 4 rings (SSSR count). The fourth-order valence-corrected chi connectivity index (χ4v) is 4.89. The molecule has 1 aliphatic rings. The van der Waals surface area contributed by atoms with Gasteiger partial charge in [0, 0.05) is 7.11 Å². The summed E-state index contributed by atoms with van der Waals surface area (Å²) in [5.74, 6) is -0.526. The molecule has 0 spiro atoms. The standard InChI is InChI=1S/C28H25NO6S2/c1-33-24(21-10-6-3-7-11-21)18-35-22-13-12-20(14-23(22)34-17-19-8-4-2-5-9-19)15-25-27(32)29(16-26(30)31)28(36)37-25/h2-15,24H,16-18H2,1H3,(H,30,31)/t24-/m1/s1. The van der Waals surface area contributed by atoms with Crippen LogP contribution in [-0.4, -0.2) is 46.5 Å². The molecule has 1 fully saturated rings. The lowest BCUT2D eigenvalue weighted by Crippen LogP contribution is -2.33. The minimum absolute atomic E-state index is 0.214. The molecular weight excluding hydrogens is 510 g/mol. The van der Waals surface area contributed by atoms with E-state index < -0.39 is 18.4 Å². The molecule has 1 heterocycles. The number of rotatable bonds is 11. The van der Waals surface area contributed by atoms with E-state index in [9.17, 15) is 9.59 Å². The van der Waals surface area contributed by atoms with Gasteiger partial charge in [0.25, 0.3) is 5.91 Å². The summed E-state index contributed by atoms with van der Waals surface area (Å²) in [6.45, 7) is 0.130. The highest BCUT2D eigenvalue weighted by atomic mass is 32.2. The molecule has 0 saturated carbocycles. The fourth-order valence-electron chi connectivity index (χ4n) is 3.64. The maximum Gasteiger partial charge on any atom is 0.323 e. The molecule has 0 unspecified atom stereocenters. The van der Waals surface area contributed by atoms with E-state index in [1.54, 1.807) is 31.4 Å². The number of hydrogen-bond donors (Lipinski definition) is 1. The van der Waals surface area contributed by atoms with Crippen molar-refractivity contribution in [3.63, 3.8) is 0 Å². The normalized spacial score (nSPS) is 15.2. The Kier molecular flexibility index (Phi) is 8.95. The predicted molar refractivity (Wildman–Crippen MR) is 146 cm³/mol. The Balaban J connectivity index is 1.57. The van der Waals surface area contributed by atoms with Crippen LogP contribution in [0.3, 0.4) is 0 Å². The second-order valence-corrected chi connectivity index (χ2v) is 9.76. The van der Waals surface area contributed by atoms with Gasteiger partial charge in [0.2, 0.25) is 0 Å². The number of amides is 1. The van der Waals surface area contributed by atoms with Gasteiger partial charge >= 0.3 is 5.97 Å². The van der Waals surface area contributed by atoms with Crippen LogP contribution < -0.4 is 9.47 Å². The summed E-state index contributed by atoms with van der Waals surface area (Å²) < 4.78 is 18.1. The van der Waals surface area contributed by atoms with Gasteiger partial charge in [0.05, 0.1) is 4.91 Å². The van der Waals surface area contributed by atoms with Gasteiger partial charge in [-0.05, 0) is 34.9 Å². The Morgan fingerprint density at radius 2 is 1.73 bits per heavy atom. The number of aliphatic carboxylic acids is 1. The Hall–Kier alpha value is -3.66. The SMILES string of the molecule is CO[C@H](COc1ccc(C=C2SC(=S)N(CC(=O)O)C2=O)cc1OCc1ccccc1)c1ccccc1. The summed E-state index contributed by atoms with van der Waals surface area (Å²) in [5.41, 5.74) is 2.68. The Bertz CT molecular complexity index is 1300. The van der Waals surface area contributed by atoms with Gasteiger partial charge in [0.1, 0.15) is 30.2 Å². The third-order valence-corrected chi connectivity index (χ3v) is 6.89.